The standard InChI is InChI=1S/C10H16ClN3O3S/c11-4-8-17-9-2-6-14(7-3-9)18(15,16)10-1-5-12-13-10/h1,5,9H,2-4,6-8H2,(H,12,13). The van der Waals surface area contributed by atoms with Crippen molar-refractivity contribution in [2.24, 2.45) is 0 Å². The minimum Gasteiger partial charge on any atom is -0.377 e. The Bertz CT molecular complexity index is 455. The number of nitrogens with one attached hydrogen (secondary N) is 1. The van der Waals surface area contributed by atoms with Crippen molar-refractivity contribution < 1.29 is 13.2 Å². The molecule has 0 aliphatic carbocycles. The van der Waals surface area contributed by atoms with Crippen LogP contribution in [0.2, 0.25) is 0 Å². The Morgan fingerprint density at radius 3 is 2.78 bits per heavy atom. The summed E-state index contributed by atoms with van der Waals surface area (Å²) in [6, 6.07) is 1.46. The second kappa shape index (κ2) is 6.01. The highest BCUT2D eigenvalue weighted by molar-refractivity contribution is 7.89. The van der Waals surface area contributed by atoms with Gasteiger partial charge < -0.3 is 4.74 Å². The molecular formula is C10H16ClN3O3S. The lowest BCUT2D eigenvalue weighted by molar-refractivity contribution is 0.0301. The number of H-pyrrole nitrogens is 1. The number of nitrogens with zero attached hydrogens (tertiary/aromatic N) is 2. The smallest absolute Gasteiger partial charge is 0.259 e. The number of hydrogen-bond donors (Lipinski definition) is 1. The summed E-state index contributed by atoms with van der Waals surface area (Å²) in [6.45, 7) is 1.45. The van der Waals surface area contributed by atoms with Crippen LogP contribution in [0.1, 0.15) is 12.8 Å². The van der Waals surface area contributed by atoms with Gasteiger partial charge in [0.25, 0.3) is 10.0 Å². The first kappa shape index (κ1) is 13.8. The molecule has 0 bridgehead atoms. The lowest BCUT2D eigenvalue weighted by atomic mass is 10.1. The van der Waals surface area contributed by atoms with Crippen LogP contribution in [0.5, 0.6) is 0 Å². The largest absolute Gasteiger partial charge is 0.377 e. The van der Waals surface area contributed by atoms with Gasteiger partial charge in [-0.1, -0.05) is 0 Å². The summed E-state index contributed by atoms with van der Waals surface area (Å²) in [5, 5.41) is 6.30. The zero-order chi connectivity index (χ0) is 13.0. The Kier molecular flexibility index (Phi) is 4.60. The summed E-state index contributed by atoms with van der Waals surface area (Å²) in [6.07, 6.45) is 2.94. The molecule has 0 unspecified atom stereocenters. The van der Waals surface area contributed by atoms with Crippen molar-refractivity contribution in [2.75, 3.05) is 25.6 Å². The van der Waals surface area contributed by atoms with Crippen molar-refractivity contribution in [1.29, 1.82) is 0 Å². The molecule has 0 spiro atoms. The second-order valence-corrected chi connectivity index (χ2v) is 6.37. The molecule has 2 heterocycles. The fraction of sp³-hybridized carbons (Fsp3) is 0.700. The summed E-state index contributed by atoms with van der Waals surface area (Å²) in [7, 11) is -3.43. The van der Waals surface area contributed by atoms with Gasteiger partial charge in [-0.3, -0.25) is 5.10 Å². The van der Waals surface area contributed by atoms with Gasteiger partial charge in [-0.2, -0.15) is 9.40 Å². The molecule has 0 radical (unpaired) electrons. The van der Waals surface area contributed by atoms with E-state index in [9.17, 15) is 8.42 Å². The summed E-state index contributed by atoms with van der Waals surface area (Å²) in [5.41, 5.74) is 0. The molecule has 6 nitrogen and oxygen atoms in total. The van der Waals surface area contributed by atoms with E-state index in [4.69, 9.17) is 16.3 Å². The van der Waals surface area contributed by atoms with Crippen molar-refractivity contribution in [3.8, 4) is 0 Å². The van der Waals surface area contributed by atoms with E-state index < -0.39 is 10.0 Å². The van der Waals surface area contributed by atoms with Gasteiger partial charge in [0.1, 0.15) is 0 Å². The van der Waals surface area contributed by atoms with E-state index in [1.165, 1.54) is 16.6 Å². The number of sulfonamides is 1. The highest BCUT2D eigenvalue weighted by atomic mass is 35.5. The van der Waals surface area contributed by atoms with Crippen LogP contribution in [0.3, 0.4) is 0 Å². The molecule has 0 aromatic carbocycles. The van der Waals surface area contributed by atoms with Crippen LogP contribution in [-0.4, -0.2) is 54.6 Å². The summed E-state index contributed by atoms with van der Waals surface area (Å²) in [5.74, 6) is 0.465. The summed E-state index contributed by atoms with van der Waals surface area (Å²) in [4.78, 5) is 0. The maximum atomic E-state index is 12.2. The summed E-state index contributed by atoms with van der Waals surface area (Å²) < 4.78 is 31.3. The van der Waals surface area contributed by atoms with Crippen molar-refractivity contribution >= 4 is 21.6 Å². The molecule has 0 atom stereocenters. The third-order valence-electron chi connectivity index (χ3n) is 2.92. The van der Waals surface area contributed by atoms with Gasteiger partial charge in [0, 0.05) is 19.0 Å². The van der Waals surface area contributed by atoms with E-state index in [0.29, 0.717) is 38.4 Å². The molecule has 18 heavy (non-hydrogen) atoms. The Hall–Kier alpha value is -0.630. The lowest BCUT2D eigenvalue weighted by Crippen LogP contribution is -2.41. The van der Waals surface area contributed by atoms with Gasteiger partial charge in [-0.25, -0.2) is 8.42 Å². The quantitative estimate of drug-likeness (QED) is 0.816. The predicted molar refractivity (Wildman–Crippen MR) is 67.0 cm³/mol. The number of halogens is 1. The molecule has 1 aromatic rings. The molecule has 0 amide bonds. The first-order chi connectivity index (χ1) is 8.64. The van der Waals surface area contributed by atoms with Crippen molar-refractivity contribution in [3.63, 3.8) is 0 Å². The number of hydrogen-bond acceptors (Lipinski definition) is 4. The Balaban J connectivity index is 1.94. The van der Waals surface area contributed by atoms with Crippen LogP contribution in [-0.2, 0) is 14.8 Å². The highest BCUT2D eigenvalue weighted by Gasteiger charge is 2.30. The normalized spacial score (nSPS) is 19.2. The van der Waals surface area contributed by atoms with Gasteiger partial charge in [0.15, 0.2) is 5.03 Å². The SMILES string of the molecule is O=S(=O)(c1ccn[nH]1)N1CCC(OCCCl)CC1. The third-order valence-corrected chi connectivity index (χ3v) is 4.91. The average molecular weight is 294 g/mol. The number of piperidine rings is 1. The minimum absolute atomic E-state index is 0.108. The van der Waals surface area contributed by atoms with Gasteiger partial charge in [-0.15, -0.1) is 11.6 Å². The van der Waals surface area contributed by atoms with E-state index in [0.717, 1.165) is 0 Å². The summed E-state index contributed by atoms with van der Waals surface area (Å²) >= 11 is 5.55. The van der Waals surface area contributed by atoms with Crippen LogP contribution in [0, 0.1) is 0 Å². The van der Waals surface area contributed by atoms with E-state index >= 15 is 0 Å². The van der Waals surface area contributed by atoms with E-state index in [1.807, 2.05) is 0 Å². The molecule has 1 N–H and O–H groups in total. The minimum atomic E-state index is -3.43. The number of ether oxygens (including phenoxy) is 1. The van der Waals surface area contributed by atoms with Gasteiger partial charge in [-0.05, 0) is 18.9 Å². The maximum Gasteiger partial charge on any atom is 0.259 e. The molecule has 102 valence electrons. The van der Waals surface area contributed by atoms with Gasteiger partial charge in [0.05, 0.1) is 18.9 Å². The first-order valence-electron chi connectivity index (χ1n) is 5.81. The van der Waals surface area contributed by atoms with Crippen molar-refractivity contribution in [1.82, 2.24) is 14.5 Å². The monoisotopic (exact) mass is 293 g/mol. The zero-order valence-corrected chi connectivity index (χ0v) is 11.5. The van der Waals surface area contributed by atoms with Gasteiger partial charge >= 0.3 is 0 Å². The van der Waals surface area contributed by atoms with E-state index in [1.54, 1.807) is 0 Å². The topological polar surface area (TPSA) is 75.3 Å². The first-order valence-corrected chi connectivity index (χ1v) is 7.79. The van der Waals surface area contributed by atoms with Crippen LogP contribution in [0.4, 0.5) is 0 Å². The van der Waals surface area contributed by atoms with Crippen LogP contribution >= 0.6 is 11.6 Å². The van der Waals surface area contributed by atoms with E-state index in [2.05, 4.69) is 10.2 Å². The second-order valence-electron chi connectivity index (χ2n) is 4.08. The molecule has 1 aliphatic rings. The van der Waals surface area contributed by atoms with Crippen LogP contribution < -0.4 is 0 Å². The maximum absolute atomic E-state index is 12.2. The predicted octanol–water partition coefficient (Wildman–Crippen LogP) is 0.818. The van der Waals surface area contributed by atoms with Gasteiger partial charge in [0.2, 0.25) is 0 Å². The Labute approximate surface area is 111 Å². The molecule has 2 rings (SSSR count). The van der Waals surface area contributed by atoms with Crippen molar-refractivity contribution in [2.45, 2.75) is 24.0 Å². The lowest BCUT2D eigenvalue weighted by Gasteiger charge is -2.30. The molecule has 0 saturated carbocycles. The molecule has 8 heteroatoms. The number of aromatic nitrogens is 2. The number of alkyl halides is 1. The number of aromatic amines is 1. The van der Waals surface area contributed by atoms with Crippen LogP contribution in [0.25, 0.3) is 0 Å². The third kappa shape index (κ3) is 3.03. The fourth-order valence-electron chi connectivity index (χ4n) is 1.98. The zero-order valence-electron chi connectivity index (χ0n) is 9.88. The molecule has 1 saturated heterocycles. The van der Waals surface area contributed by atoms with Crippen LogP contribution in [0.15, 0.2) is 17.3 Å². The molecule has 1 aliphatic heterocycles. The molecule has 1 fully saturated rings. The highest BCUT2D eigenvalue weighted by Crippen LogP contribution is 2.20. The Morgan fingerprint density at radius 2 is 2.22 bits per heavy atom. The van der Waals surface area contributed by atoms with Crippen molar-refractivity contribution in [3.05, 3.63) is 12.3 Å². The number of rotatable bonds is 5. The van der Waals surface area contributed by atoms with E-state index in [-0.39, 0.29) is 11.1 Å². The Morgan fingerprint density at radius 1 is 1.50 bits per heavy atom. The average Bonchev–Trinajstić information content (AvgIpc) is 2.91. The molecular weight excluding hydrogens is 278 g/mol. The fourth-order valence-corrected chi connectivity index (χ4v) is 3.44. The molecule has 1 aromatic heterocycles.